The molecule has 1 aromatic rings. The van der Waals surface area contributed by atoms with Gasteiger partial charge in [-0.15, -0.1) is 0 Å². The van der Waals surface area contributed by atoms with Crippen LogP contribution in [0.1, 0.15) is 95.5 Å². The Morgan fingerprint density at radius 3 is 1.56 bits per heavy atom. The molecule has 0 unspecified atom stereocenters. The Kier molecular flexibility index (Phi) is 20.2. The van der Waals surface area contributed by atoms with Crippen LogP contribution >= 0.6 is 0 Å². The molecule has 0 saturated carbocycles. The number of rotatable bonds is 22. The smallest absolute Gasteiger partial charge is 0.305 e. The predicted molar refractivity (Wildman–Crippen MR) is 149 cm³/mol. The minimum absolute atomic E-state index is 0.100. The Morgan fingerprint density at radius 1 is 0.639 bits per heavy atom. The van der Waals surface area contributed by atoms with E-state index in [4.69, 9.17) is 0 Å². The van der Waals surface area contributed by atoms with Crippen LogP contribution in [0.15, 0.2) is 54.6 Å². The molecule has 0 radical (unpaired) electrons. The second-order valence-electron chi connectivity index (χ2n) is 9.39. The Hall–Kier alpha value is -2.40. The van der Waals surface area contributed by atoms with E-state index < -0.39 is 0 Å². The monoisotopic (exact) mass is 499 g/mol. The first-order chi connectivity index (χ1) is 17.7. The highest BCUT2D eigenvalue weighted by Gasteiger charge is 2.03. The van der Waals surface area contributed by atoms with E-state index in [-0.39, 0.29) is 11.9 Å². The van der Waals surface area contributed by atoms with Crippen LogP contribution in [0, 0.1) is 0 Å². The summed E-state index contributed by atoms with van der Waals surface area (Å²) < 4.78 is 9.36. The fraction of sp³-hybridized carbons (Fsp3) is 0.613. The van der Waals surface area contributed by atoms with E-state index in [2.05, 4.69) is 69.0 Å². The Bertz CT molecular complexity index is 687. The number of methoxy groups -OCH3 is 2. The van der Waals surface area contributed by atoms with Gasteiger partial charge in [-0.05, 0) is 44.1 Å². The number of ether oxygens (including phenoxy) is 2. The number of esters is 2. The second kappa shape index (κ2) is 23.0. The summed E-state index contributed by atoms with van der Waals surface area (Å²) in [5, 5.41) is 0. The summed E-state index contributed by atoms with van der Waals surface area (Å²) in [5.41, 5.74) is 1.35. The number of carbonyl (C=O) groups excluding carboxylic acids is 2. The normalized spacial score (nSPS) is 11.5. The molecule has 0 atom stereocenters. The Labute approximate surface area is 219 Å². The number of unbranched alkanes of at least 4 members (excludes halogenated alkanes) is 10. The third-order valence-corrected chi connectivity index (χ3v) is 6.27. The van der Waals surface area contributed by atoms with Gasteiger partial charge in [-0.1, -0.05) is 93.2 Å². The molecule has 5 heteroatoms. The Morgan fingerprint density at radius 2 is 1.08 bits per heavy atom. The third kappa shape index (κ3) is 18.9. The lowest BCUT2D eigenvalue weighted by Crippen LogP contribution is -2.23. The molecule has 0 saturated heterocycles. The number of allylic oxidation sites excluding steroid dienone is 2. The van der Waals surface area contributed by atoms with Gasteiger partial charge in [0.15, 0.2) is 0 Å². The zero-order valence-electron chi connectivity index (χ0n) is 22.8. The topological polar surface area (TPSA) is 55.8 Å². The Balaban J connectivity index is 2.22. The lowest BCUT2D eigenvalue weighted by atomic mass is 10.1. The van der Waals surface area contributed by atoms with Crippen molar-refractivity contribution in [2.75, 3.05) is 27.3 Å². The summed E-state index contributed by atoms with van der Waals surface area (Å²) >= 11 is 0. The van der Waals surface area contributed by atoms with Crippen molar-refractivity contribution < 1.29 is 19.1 Å². The first-order valence-electron chi connectivity index (χ1n) is 13.9. The molecule has 0 aromatic heterocycles. The van der Waals surface area contributed by atoms with Gasteiger partial charge in [0.05, 0.1) is 14.2 Å². The van der Waals surface area contributed by atoms with Crippen LogP contribution in [0.2, 0.25) is 0 Å². The maximum Gasteiger partial charge on any atom is 0.305 e. The van der Waals surface area contributed by atoms with Crippen molar-refractivity contribution in [3.8, 4) is 0 Å². The highest BCUT2D eigenvalue weighted by atomic mass is 16.5. The van der Waals surface area contributed by atoms with E-state index in [0.29, 0.717) is 12.8 Å². The maximum atomic E-state index is 11.1. The molecule has 36 heavy (non-hydrogen) atoms. The standard InChI is InChI=1S/C31H49NO4/c1-35-30(33)24-18-11-7-3-5-9-13-20-26-32(28-29-22-16-15-17-23-29)27-21-14-10-6-4-8-12-19-25-31(34)36-2/h13-17,20-23H,3-12,18-19,24-28H2,1-2H3. The van der Waals surface area contributed by atoms with Crippen molar-refractivity contribution in [3.63, 3.8) is 0 Å². The first-order valence-corrected chi connectivity index (χ1v) is 13.9. The molecule has 0 heterocycles. The molecule has 0 amide bonds. The SMILES string of the molecule is COC(=O)CCCCCCCC=CCN(CC=CCCCCCCCC(=O)OC)Cc1ccccc1. The largest absolute Gasteiger partial charge is 0.469 e. The zero-order chi connectivity index (χ0) is 26.1. The van der Waals surface area contributed by atoms with Gasteiger partial charge < -0.3 is 9.47 Å². The summed E-state index contributed by atoms with van der Waals surface area (Å²) in [4.78, 5) is 24.7. The van der Waals surface area contributed by atoms with Crippen molar-refractivity contribution in [2.24, 2.45) is 0 Å². The van der Waals surface area contributed by atoms with Crippen LogP contribution in [0.5, 0.6) is 0 Å². The summed E-state index contributed by atoms with van der Waals surface area (Å²) in [6.07, 6.45) is 23.8. The quantitative estimate of drug-likeness (QED) is 0.0944. The average Bonchev–Trinajstić information content (AvgIpc) is 2.90. The van der Waals surface area contributed by atoms with Gasteiger partial charge in [0.25, 0.3) is 0 Å². The molecule has 1 aromatic carbocycles. The molecule has 0 spiro atoms. The van der Waals surface area contributed by atoms with E-state index >= 15 is 0 Å². The van der Waals surface area contributed by atoms with Gasteiger partial charge in [0.2, 0.25) is 0 Å². The predicted octanol–water partition coefficient (Wildman–Crippen LogP) is 7.41. The lowest BCUT2D eigenvalue weighted by Gasteiger charge is -2.19. The molecule has 0 aliphatic rings. The van der Waals surface area contributed by atoms with E-state index in [1.807, 2.05) is 0 Å². The van der Waals surface area contributed by atoms with E-state index in [1.54, 1.807) is 0 Å². The summed E-state index contributed by atoms with van der Waals surface area (Å²) in [6.45, 7) is 2.87. The fourth-order valence-electron chi connectivity index (χ4n) is 4.06. The van der Waals surface area contributed by atoms with Gasteiger partial charge in [-0.2, -0.15) is 0 Å². The van der Waals surface area contributed by atoms with Crippen molar-refractivity contribution in [2.45, 2.75) is 96.4 Å². The molecular formula is C31H49NO4. The van der Waals surface area contributed by atoms with E-state index in [0.717, 1.165) is 58.2 Å². The molecule has 0 fully saturated rings. The molecule has 0 bridgehead atoms. The van der Waals surface area contributed by atoms with Crippen LogP contribution in [0.25, 0.3) is 0 Å². The third-order valence-electron chi connectivity index (χ3n) is 6.27. The van der Waals surface area contributed by atoms with Gasteiger partial charge in [-0.25, -0.2) is 0 Å². The number of benzene rings is 1. The molecule has 202 valence electrons. The zero-order valence-corrected chi connectivity index (χ0v) is 22.8. The van der Waals surface area contributed by atoms with Gasteiger partial charge in [-0.3, -0.25) is 14.5 Å². The van der Waals surface area contributed by atoms with Crippen LogP contribution < -0.4 is 0 Å². The van der Waals surface area contributed by atoms with Crippen LogP contribution in [0.4, 0.5) is 0 Å². The fourth-order valence-corrected chi connectivity index (χ4v) is 4.06. The summed E-state index contributed by atoms with van der Waals surface area (Å²) in [7, 11) is 2.90. The summed E-state index contributed by atoms with van der Waals surface area (Å²) in [5.74, 6) is -0.200. The molecule has 0 aliphatic heterocycles. The lowest BCUT2D eigenvalue weighted by molar-refractivity contribution is -0.141. The molecular weight excluding hydrogens is 450 g/mol. The highest BCUT2D eigenvalue weighted by molar-refractivity contribution is 5.69. The van der Waals surface area contributed by atoms with E-state index in [1.165, 1.54) is 58.3 Å². The van der Waals surface area contributed by atoms with Crippen molar-refractivity contribution in [1.82, 2.24) is 4.90 Å². The first kappa shape index (κ1) is 31.6. The van der Waals surface area contributed by atoms with Crippen LogP contribution in [-0.4, -0.2) is 44.1 Å². The highest BCUT2D eigenvalue weighted by Crippen LogP contribution is 2.10. The molecule has 5 nitrogen and oxygen atoms in total. The number of nitrogens with zero attached hydrogens (tertiary/aromatic N) is 1. The molecule has 0 N–H and O–H groups in total. The van der Waals surface area contributed by atoms with Gasteiger partial charge >= 0.3 is 11.9 Å². The van der Waals surface area contributed by atoms with Crippen molar-refractivity contribution in [1.29, 1.82) is 0 Å². The van der Waals surface area contributed by atoms with Crippen LogP contribution in [-0.2, 0) is 25.6 Å². The molecule has 1 rings (SSSR count). The summed E-state index contributed by atoms with van der Waals surface area (Å²) in [6, 6.07) is 10.7. The number of carbonyl (C=O) groups is 2. The van der Waals surface area contributed by atoms with Crippen molar-refractivity contribution >= 4 is 11.9 Å². The second-order valence-corrected chi connectivity index (χ2v) is 9.39. The number of hydrogen-bond donors (Lipinski definition) is 0. The van der Waals surface area contributed by atoms with Gasteiger partial charge in [0.1, 0.15) is 0 Å². The van der Waals surface area contributed by atoms with Crippen LogP contribution in [0.3, 0.4) is 0 Å². The van der Waals surface area contributed by atoms with E-state index in [9.17, 15) is 9.59 Å². The minimum Gasteiger partial charge on any atom is -0.469 e. The van der Waals surface area contributed by atoms with Crippen molar-refractivity contribution in [3.05, 3.63) is 60.2 Å². The number of hydrogen-bond acceptors (Lipinski definition) is 5. The molecule has 0 aliphatic carbocycles. The van der Waals surface area contributed by atoms with Gasteiger partial charge in [0, 0.05) is 32.5 Å². The average molecular weight is 500 g/mol. The maximum absolute atomic E-state index is 11.1. The minimum atomic E-state index is -0.100.